The Balaban J connectivity index is 2.09. The van der Waals surface area contributed by atoms with Crippen LogP contribution in [0.1, 0.15) is 17.0 Å². The van der Waals surface area contributed by atoms with Crippen LogP contribution in [-0.4, -0.2) is 36.6 Å². The number of anilines is 1. The highest BCUT2D eigenvalue weighted by atomic mass is 32.2. The van der Waals surface area contributed by atoms with E-state index >= 15 is 0 Å². The average Bonchev–Trinajstić information content (AvgIpc) is 2.54. The average molecular weight is 257 g/mol. The van der Waals surface area contributed by atoms with Gasteiger partial charge >= 0.3 is 0 Å². The lowest BCUT2D eigenvalue weighted by atomic mass is 10.4. The largest absolute Gasteiger partial charge is 0.347 e. The summed E-state index contributed by atoms with van der Waals surface area (Å²) in [4.78, 5) is 8.50. The molecule has 1 fully saturated rings. The number of hydrogen-bond donors (Lipinski definition) is 1. The molecule has 0 amide bonds. The molecule has 0 bridgehead atoms. The van der Waals surface area contributed by atoms with Crippen LogP contribution in [0.3, 0.4) is 0 Å². The lowest BCUT2D eigenvalue weighted by molar-refractivity contribution is 0.807. The minimum atomic E-state index is 0.937. The fraction of sp³-hybridized carbons (Fsp3) is 0.727. The molecule has 1 aliphatic heterocycles. The van der Waals surface area contributed by atoms with Crippen molar-refractivity contribution in [1.82, 2.24) is 10.3 Å². The van der Waals surface area contributed by atoms with Crippen molar-refractivity contribution in [3.63, 3.8) is 0 Å². The third-order valence-corrected chi connectivity index (χ3v) is 4.98. The molecule has 0 spiro atoms. The summed E-state index contributed by atoms with van der Waals surface area (Å²) in [5, 5.41) is 4.41. The SMILES string of the molecule is CNCc1sc(N2CCCSCC2)nc1C. The Morgan fingerprint density at radius 3 is 3.06 bits per heavy atom. The number of rotatable bonds is 3. The van der Waals surface area contributed by atoms with Crippen LogP contribution < -0.4 is 10.2 Å². The maximum atomic E-state index is 4.69. The molecule has 1 aromatic rings. The smallest absolute Gasteiger partial charge is 0.185 e. The predicted molar refractivity (Wildman–Crippen MR) is 73.8 cm³/mol. The van der Waals surface area contributed by atoms with Gasteiger partial charge in [0.15, 0.2) is 5.13 Å². The van der Waals surface area contributed by atoms with Crippen molar-refractivity contribution in [2.75, 3.05) is 36.5 Å². The molecule has 0 atom stereocenters. The molecule has 0 saturated carbocycles. The van der Waals surface area contributed by atoms with Gasteiger partial charge in [0.2, 0.25) is 0 Å². The highest BCUT2D eigenvalue weighted by Crippen LogP contribution is 2.27. The summed E-state index contributed by atoms with van der Waals surface area (Å²) in [5.41, 5.74) is 1.19. The van der Waals surface area contributed by atoms with Crippen molar-refractivity contribution in [3.8, 4) is 0 Å². The standard InChI is InChI=1S/C11H19N3S2/c1-9-10(8-12-2)16-11(13-9)14-4-3-6-15-7-5-14/h12H,3-8H2,1-2H3. The molecule has 1 saturated heterocycles. The van der Waals surface area contributed by atoms with Crippen molar-refractivity contribution in [2.24, 2.45) is 0 Å². The van der Waals surface area contributed by atoms with Crippen molar-refractivity contribution < 1.29 is 0 Å². The van der Waals surface area contributed by atoms with Crippen LogP contribution in [0, 0.1) is 6.92 Å². The second kappa shape index (κ2) is 5.89. The van der Waals surface area contributed by atoms with Gasteiger partial charge in [0.1, 0.15) is 0 Å². The Morgan fingerprint density at radius 2 is 2.25 bits per heavy atom. The Bertz CT molecular complexity index is 330. The number of nitrogens with zero attached hydrogens (tertiary/aromatic N) is 2. The maximum absolute atomic E-state index is 4.69. The van der Waals surface area contributed by atoms with Gasteiger partial charge in [-0.15, -0.1) is 11.3 Å². The van der Waals surface area contributed by atoms with Crippen LogP contribution in [0.25, 0.3) is 0 Å². The van der Waals surface area contributed by atoms with E-state index in [1.54, 1.807) is 0 Å². The monoisotopic (exact) mass is 257 g/mol. The van der Waals surface area contributed by atoms with Gasteiger partial charge in [0.05, 0.1) is 5.69 Å². The minimum Gasteiger partial charge on any atom is -0.347 e. The first kappa shape index (κ1) is 12.2. The number of thioether (sulfide) groups is 1. The Hall–Kier alpha value is -0.260. The summed E-state index contributed by atoms with van der Waals surface area (Å²) < 4.78 is 0. The first-order valence-electron chi connectivity index (χ1n) is 5.75. The van der Waals surface area contributed by atoms with E-state index in [0.29, 0.717) is 0 Å². The number of aromatic nitrogens is 1. The lowest BCUT2D eigenvalue weighted by Gasteiger charge is -2.18. The summed E-state index contributed by atoms with van der Waals surface area (Å²) in [6.07, 6.45) is 1.28. The number of hydrogen-bond acceptors (Lipinski definition) is 5. The van der Waals surface area contributed by atoms with Crippen LogP contribution in [0.5, 0.6) is 0 Å². The fourth-order valence-corrected chi connectivity index (χ4v) is 3.82. The zero-order valence-corrected chi connectivity index (χ0v) is 11.6. The molecule has 3 nitrogen and oxygen atoms in total. The topological polar surface area (TPSA) is 28.2 Å². The summed E-state index contributed by atoms with van der Waals surface area (Å²) >= 11 is 3.90. The third kappa shape index (κ3) is 2.90. The van der Waals surface area contributed by atoms with Crippen LogP contribution in [-0.2, 0) is 6.54 Å². The summed E-state index contributed by atoms with van der Waals surface area (Å²) in [5.74, 6) is 2.53. The van der Waals surface area contributed by atoms with Crippen LogP contribution in [0.15, 0.2) is 0 Å². The van der Waals surface area contributed by atoms with E-state index in [2.05, 4.69) is 33.9 Å². The van der Waals surface area contributed by atoms with Gasteiger partial charge in [0, 0.05) is 30.3 Å². The summed E-state index contributed by atoms with van der Waals surface area (Å²) in [7, 11) is 1.99. The quantitative estimate of drug-likeness (QED) is 0.898. The molecular formula is C11H19N3S2. The van der Waals surface area contributed by atoms with Crippen LogP contribution >= 0.6 is 23.1 Å². The summed E-state index contributed by atoms with van der Waals surface area (Å²) in [6.45, 7) is 5.36. The van der Waals surface area contributed by atoms with Gasteiger partial charge in [-0.25, -0.2) is 4.98 Å². The van der Waals surface area contributed by atoms with Crippen molar-refractivity contribution in [3.05, 3.63) is 10.6 Å². The molecular weight excluding hydrogens is 238 g/mol. The molecule has 0 aromatic carbocycles. The van der Waals surface area contributed by atoms with E-state index < -0.39 is 0 Å². The second-order valence-corrected chi connectivity index (χ2v) is 6.28. The van der Waals surface area contributed by atoms with Crippen molar-refractivity contribution in [1.29, 1.82) is 0 Å². The molecule has 1 N–H and O–H groups in total. The van der Waals surface area contributed by atoms with E-state index in [4.69, 9.17) is 0 Å². The van der Waals surface area contributed by atoms with Gasteiger partial charge in [-0.3, -0.25) is 0 Å². The molecule has 5 heteroatoms. The second-order valence-electron chi connectivity index (χ2n) is 3.99. The number of aryl methyl sites for hydroxylation is 1. The van der Waals surface area contributed by atoms with Crippen molar-refractivity contribution >= 4 is 28.2 Å². The lowest BCUT2D eigenvalue weighted by Crippen LogP contribution is -2.25. The van der Waals surface area contributed by atoms with Crippen LogP contribution in [0.2, 0.25) is 0 Å². The molecule has 2 heterocycles. The van der Waals surface area contributed by atoms with Gasteiger partial charge in [-0.2, -0.15) is 11.8 Å². The zero-order valence-electron chi connectivity index (χ0n) is 9.95. The van der Waals surface area contributed by atoms with E-state index in [0.717, 1.165) is 13.1 Å². The molecule has 0 radical (unpaired) electrons. The highest BCUT2D eigenvalue weighted by molar-refractivity contribution is 7.99. The summed E-state index contributed by atoms with van der Waals surface area (Å²) in [6, 6.07) is 0. The first-order chi connectivity index (χ1) is 7.81. The molecule has 0 unspecified atom stereocenters. The number of thiazole rings is 1. The molecule has 0 aliphatic carbocycles. The Morgan fingerprint density at radius 1 is 1.38 bits per heavy atom. The van der Waals surface area contributed by atoms with Gasteiger partial charge in [0.25, 0.3) is 0 Å². The van der Waals surface area contributed by atoms with Gasteiger partial charge in [-0.1, -0.05) is 0 Å². The van der Waals surface area contributed by atoms with Crippen molar-refractivity contribution in [2.45, 2.75) is 19.9 Å². The molecule has 16 heavy (non-hydrogen) atoms. The van der Waals surface area contributed by atoms with Gasteiger partial charge in [-0.05, 0) is 26.1 Å². The fourth-order valence-electron chi connectivity index (χ4n) is 1.81. The molecule has 1 aromatic heterocycles. The Labute approximate surface area is 106 Å². The van der Waals surface area contributed by atoms with E-state index in [1.807, 2.05) is 18.4 Å². The first-order valence-corrected chi connectivity index (χ1v) is 7.72. The van der Waals surface area contributed by atoms with Crippen LogP contribution in [0.4, 0.5) is 5.13 Å². The number of nitrogens with one attached hydrogen (secondary N) is 1. The minimum absolute atomic E-state index is 0.937. The molecule has 90 valence electrons. The van der Waals surface area contributed by atoms with E-state index in [-0.39, 0.29) is 0 Å². The Kier molecular flexibility index (Phi) is 4.49. The normalized spacial score (nSPS) is 17.5. The predicted octanol–water partition coefficient (Wildman–Crippen LogP) is 2.11. The molecule has 1 aliphatic rings. The van der Waals surface area contributed by atoms with E-state index in [1.165, 1.54) is 40.2 Å². The maximum Gasteiger partial charge on any atom is 0.185 e. The zero-order chi connectivity index (χ0) is 11.4. The van der Waals surface area contributed by atoms with E-state index in [9.17, 15) is 0 Å². The third-order valence-electron chi connectivity index (χ3n) is 2.71. The molecule has 2 rings (SSSR count). The van der Waals surface area contributed by atoms with Gasteiger partial charge < -0.3 is 10.2 Å². The highest BCUT2D eigenvalue weighted by Gasteiger charge is 2.15.